The lowest BCUT2D eigenvalue weighted by molar-refractivity contribution is 0.0685. The summed E-state index contributed by atoms with van der Waals surface area (Å²) in [5.41, 5.74) is 2.55. The van der Waals surface area contributed by atoms with E-state index in [0.717, 1.165) is 48.6 Å². The van der Waals surface area contributed by atoms with Crippen LogP contribution in [0.4, 0.5) is 11.8 Å². The van der Waals surface area contributed by atoms with E-state index in [-0.39, 0.29) is 0 Å². The molecule has 7 heteroatoms. The van der Waals surface area contributed by atoms with Crippen LogP contribution in [0.2, 0.25) is 0 Å². The maximum Gasteiger partial charge on any atom is 0.240 e. The number of fused-ring (bicyclic) bond motifs is 1. The van der Waals surface area contributed by atoms with Crippen LogP contribution in [-0.2, 0) is 4.74 Å². The number of anilines is 2. The lowest BCUT2D eigenvalue weighted by Gasteiger charge is -2.28. The predicted octanol–water partition coefficient (Wildman–Crippen LogP) is 1.84. The van der Waals surface area contributed by atoms with Gasteiger partial charge in [-0.2, -0.15) is 4.98 Å². The monoisotopic (exact) mass is 293 g/mol. The molecule has 3 heterocycles. The Morgan fingerprint density at radius 1 is 1.45 bits per heavy atom. The second-order valence-corrected chi connectivity index (χ2v) is 5.99. The first-order valence-electron chi connectivity index (χ1n) is 6.78. The molecule has 1 saturated heterocycles. The number of rotatable bonds is 4. The molecule has 1 aliphatic rings. The molecule has 0 amide bonds. The summed E-state index contributed by atoms with van der Waals surface area (Å²) < 4.78 is 5.41. The van der Waals surface area contributed by atoms with Crippen molar-refractivity contribution in [3.05, 3.63) is 11.4 Å². The summed E-state index contributed by atoms with van der Waals surface area (Å²) in [5, 5.41) is 3.12. The molecule has 1 aliphatic heterocycles. The highest BCUT2D eigenvalue weighted by molar-refractivity contribution is 7.16. The van der Waals surface area contributed by atoms with Gasteiger partial charge in [0.25, 0.3) is 0 Å². The molecule has 0 unspecified atom stereocenters. The fourth-order valence-electron chi connectivity index (χ4n) is 2.60. The third kappa shape index (κ3) is 2.70. The molecule has 6 nitrogen and oxygen atoms in total. The minimum Gasteiger partial charge on any atom is -0.381 e. The van der Waals surface area contributed by atoms with Gasteiger partial charge in [-0.15, -0.1) is 11.3 Å². The van der Waals surface area contributed by atoms with Crippen LogP contribution < -0.4 is 16.2 Å². The van der Waals surface area contributed by atoms with E-state index in [0.29, 0.717) is 11.9 Å². The Bertz CT molecular complexity index is 581. The van der Waals surface area contributed by atoms with Crippen LogP contribution in [0, 0.1) is 5.92 Å². The van der Waals surface area contributed by atoms with Crippen molar-refractivity contribution in [2.45, 2.75) is 12.8 Å². The molecular formula is C13H19N5OS. The van der Waals surface area contributed by atoms with Crippen LogP contribution in [0.1, 0.15) is 12.8 Å². The van der Waals surface area contributed by atoms with Crippen LogP contribution in [0.25, 0.3) is 10.2 Å². The van der Waals surface area contributed by atoms with Gasteiger partial charge in [0.2, 0.25) is 5.95 Å². The van der Waals surface area contributed by atoms with Crippen molar-refractivity contribution in [2.24, 2.45) is 11.8 Å². The lowest BCUT2D eigenvalue weighted by Crippen LogP contribution is -2.30. The molecule has 0 radical (unpaired) electrons. The van der Waals surface area contributed by atoms with Gasteiger partial charge >= 0.3 is 0 Å². The van der Waals surface area contributed by atoms with Gasteiger partial charge in [0, 0.05) is 26.8 Å². The van der Waals surface area contributed by atoms with Crippen molar-refractivity contribution >= 4 is 33.3 Å². The number of nitrogens with one attached hydrogen (secondary N) is 1. The summed E-state index contributed by atoms with van der Waals surface area (Å²) in [7, 11) is 2.08. The number of nitrogen functional groups attached to an aromatic ring is 1. The summed E-state index contributed by atoms with van der Waals surface area (Å²) in [6, 6.07) is 2.07. The summed E-state index contributed by atoms with van der Waals surface area (Å²) in [5.74, 6) is 7.52. The van der Waals surface area contributed by atoms with Crippen LogP contribution >= 0.6 is 11.3 Å². The molecular weight excluding hydrogens is 274 g/mol. The fourth-order valence-corrected chi connectivity index (χ4v) is 3.36. The first-order valence-corrected chi connectivity index (χ1v) is 7.66. The largest absolute Gasteiger partial charge is 0.381 e. The highest BCUT2D eigenvalue weighted by atomic mass is 32.1. The maximum atomic E-state index is 5.46. The average Bonchev–Trinajstić information content (AvgIpc) is 2.95. The zero-order chi connectivity index (χ0) is 13.9. The van der Waals surface area contributed by atoms with E-state index in [1.54, 1.807) is 11.3 Å². The van der Waals surface area contributed by atoms with Gasteiger partial charge < -0.3 is 9.64 Å². The summed E-state index contributed by atoms with van der Waals surface area (Å²) in [6.45, 7) is 2.72. The van der Waals surface area contributed by atoms with Gasteiger partial charge in [-0.05, 0) is 30.2 Å². The van der Waals surface area contributed by atoms with Crippen LogP contribution in [-0.4, -0.2) is 36.8 Å². The van der Waals surface area contributed by atoms with Gasteiger partial charge in [-0.3, -0.25) is 5.43 Å². The highest BCUT2D eigenvalue weighted by Gasteiger charge is 2.19. The summed E-state index contributed by atoms with van der Waals surface area (Å²) >= 11 is 1.60. The molecule has 0 atom stereocenters. The number of aromatic nitrogens is 2. The van der Waals surface area contributed by atoms with Gasteiger partial charge in [0.15, 0.2) is 0 Å². The van der Waals surface area contributed by atoms with Crippen LogP contribution in [0.5, 0.6) is 0 Å². The van der Waals surface area contributed by atoms with E-state index in [1.807, 2.05) is 5.38 Å². The SMILES string of the molecule is CN(CC1CCOCC1)c1nc(NN)nc2sccc12. The van der Waals surface area contributed by atoms with Gasteiger partial charge in [0.05, 0.1) is 5.39 Å². The second-order valence-electron chi connectivity index (χ2n) is 5.09. The number of ether oxygens (including phenoxy) is 1. The number of nitrogens with two attached hydrogens (primary N) is 1. The van der Waals surface area contributed by atoms with Gasteiger partial charge in [0.1, 0.15) is 10.6 Å². The van der Waals surface area contributed by atoms with Crippen molar-refractivity contribution in [2.75, 3.05) is 37.1 Å². The first-order chi connectivity index (χ1) is 9.78. The Morgan fingerprint density at radius 2 is 2.25 bits per heavy atom. The number of nitrogens with zero attached hydrogens (tertiary/aromatic N) is 3. The normalized spacial score (nSPS) is 16.5. The minimum absolute atomic E-state index is 0.466. The Kier molecular flexibility index (Phi) is 4.00. The third-order valence-corrected chi connectivity index (χ3v) is 4.48. The average molecular weight is 293 g/mol. The zero-order valence-corrected chi connectivity index (χ0v) is 12.3. The van der Waals surface area contributed by atoms with E-state index in [4.69, 9.17) is 10.6 Å². The number of thiophene rings is 1. The second kappa shape index (κ2) is 5.90. The number of hydrazine groups is 1. The smallest absolute Gasteiger partial charge is 0.240 e. The van der Waals surface area contributed by atoms with E-state index in [1.165, 1.54) is 0 Å². The number of hydrogen-bond acceptors (Lipinski definition) is 7. The Balaban J connectivity index is 1.85. The van der Waals surface area contributed by atoms with Crippen molar-refractivity contribution in [3.8, 4) is 0 Å². The molecule has 108 valence electrons. The maximum absolute atomic E-state index is 5.46. The Morgan fingerprint density at radius 3 is 3.00 bits per heavy atom. The minimum atomic E-state index is 0.466. The molecule has 1 fully saturated rings. The van der Waals surface area contributed by atoms with Crippen molar-refractivity contribution in [1.29, 1.82) is 0 Å². The molecule has 2 aromatic rings. The van der Waals surface area contributed by atoms with Gasteiger partial charge in [-0.25, -0.2) is 10.8 Å². The van der Waals surface area contributed by atoms with Crippen molar-refractivity contribution in [1.82, 2.24) is 9.97 Å². The van der Waals surface area contributed by atoms with Crippen LogP contribution in [0.15, 0.2) is 11.4 Å². The van der Waals surface area contributed by atoms with E-state index < -0.39 is 0 Å². The highest BCUT2D eigenvalue weighted by Crippen LogP contribution is 2.29. The predicted molar refractivity (Wildman–Crippen MR) is 82.0 cm³/mol. The Labute approximate surface area is 121 Å². The van der Waals surface area contributed by atoms with E-state index in [2.05, 4.69) is 33.4 Å². The quantitative estimate of drug-likeness (QED) is 0.662. The molecule has 3 N–H and O–H groups in total. The van der Waals surface area contributed by atoms with E-state index in [9.17, 15) is 0 Å². The van der Waals surface area contributed by atoms with Crippen molar-refractivity contribution in [3.63, 3.8) is 0 Å². The zero-order valence-electron chi connectivity index (χ0n) is 11.5. The van der Waals surface area contributed by atoms with E-state index >= 15 is 0 Å². The third-order valence-electron chi connectivity index (χ3n) is 3.67. The molecule has 0 saturated carbocycles. The van der Waals surface area contributed by atoms with Crippen LogP contribution in [0.3, 0.4) is 0 Å². The molecule has 2 aromatic heterocycles. The Hall–Kier alpha value is -1.44. The standard InChI is InChI=1S/C13H19N5OS/c1-18(8-9-2-5-19-6-3-9)11-10-4-7-20-12(10)16-13(15-11)17-14/h4,7,9H,2-3,5-6,8,14H2,1H3,(H,15,16,17). The topological polar surface area (TPSA) is 76.3 Å². The van der Waals surface area contributed by atoms with Gasteiger partial charge in [-0.1, -0.05) is 0 Å². The first kappa shape index (κ1) is 13.5. The summed E-state index contributed by atoms with van der Waals surface area (Å²) in [4.78, 5) is 12.0. The molecule has 20 heavy (non-hydrogen) atoms. The summed E-state index contributed by atoms with van der Waals surface area (Å²) in [6.07, 6.45) is 2.23. The molecule has 0 aromatic carbocycles. The number of hydrogen-bond donors (Lipinski definition) is 2. The fraction of sp³-hybridized carbons (Fsp3) is 0.538. The molecule has 0 aliphatic carbocycles. The molecule has 0 spiro atoms. The molecule has 0 bridgehead atoms. The lowest BCUT2D eigenvalue weighted by atomic mass is 10.00. The molecule has 3 rings (SSSR count). The van der Waals surface area contributed by atoms with Crippen molar-refractivity contribution < 1.29 is 4.74 Å².